The number of pyridine rings is 1. The maximum Gasteiger partial charge on any atom is 0.243 e. The van der Waals surface area contributed by atoms with Gasteiger partial charge in [0.1, 0.15) is 6.10 Å². The van der Waals surface area contributed by atoms with E-state index in [1.165, 1.54) is 4.31 Å². The van der Waals surface area contributed by atoms with Gasteiger partial charge < -0.3 is 4.74 Å². The minimum absolute atomic E-state index is 0.191. The molecular weight excluding hydrogens is 360 g/mol. The Hall–Kier alpha value is -2.44. The third-order valence-corrected chi connectivity index (χ3v) is 6.82. The molecule has 1 saturated heterocycles. The van der Waals surface area contributed by atoms with Gasteiger partial charge in [0.15, 0.2) is 0 Å². The summed E-state index contributed by atoms with van der Waals surface area (Å²) in [6.07, 6.45) is 1.35. The number of rotatable bonds is 5. The minimum Gasteiger partial charge on any atom is -0.473 e. The third kappa shape index (κ3) is 3.68. The Kier molecular flexibility index (Phi) is 4.85. The Morgan fingerprint density at radius 1 is 1.07 bits per heavy atom. The van der Waals surface area contributed by atoms with Crippen molar-refractivity contribution in [2.75, 3.05) is 13.1 Å². The summed E-state index contributed by atoms with van der Waals surface area (Å²) < 4.78 is 33.2. The first-order valence-electron chi connectivity index (χ1n) is 9.18. The van der Waals surface area contributed by atoms with E-state index in [1.807, 2.05) is 55.5 Å². The Morgan fingerprint density at radius 2 is 1.85 bits per heavy atom. The fourth-order valence-electron chi connectivity index (χ4n) is 3.34. The van der Waals surface area contributed by atoms with Gasteiger partial charge in [0, 0.05) is 18.0 Å². The van der Waals surface area contributed by atoms with Crippen LogP contribution in [0.1, 0.15) is 18.9 Å². The minimum atomic E-state index is -3.49. The Balaban J connectivity index is 1.47. The molecule has 2 aromatic carbocycles. The molecule has 1 atom stereocenters. The molecule has 0 bridgehead atoms. The van der Waals surface area contributed by atoms with Gasteiger partial charge in [0.25, 0.3) is 0 Å². The van der Waals surface area contributed by atoms with E-state index < -0.39 is 10.0 Å². The van der Waals surface area contributed by atoms with Gasteiger partial charge >= 0.3 is 0 Å². The molecular formula is C21H22N2O3S. The zero-order valence-corrected chi connectivity index (χ0v) is 16.0. The summed E-state index contributed by atoms with van der Waals surface area (Å²) in [6.45, 7) is 2.84. The van der Waals surface area contributed by atoms with Gasteiger partial charge in [-0.1, -0.05) is 37.3 Å². The standard InChI is InChI=1S/C21H22N2O3S/c1-2-16-7-10-19(11-8-16)27(24,25)23-14-13-18(15-23)26-21-12-9-17-5-3-4-6-20(17)22-21/h3-12,18H,2,13-15H2,1H3. The normalized spacial score (nSPS) is 18.0. The van der Waals surface area contributed by atoms with E-state index in [-0.39, 0.29) is 6.10 Å². The molecule has 27 heavy (non-hydrogen) atoms. The SMILES string of the molecule is CCc1ccc(S(=O)(=O)N2CCC(Oc3ccc4ccccc4n3)C2)cc1. The quantitative estimate of drug-likeness (QED) is 0.676. The van der Waals surface area contributed by atoms with Crippen molar-refractivity contribution in [1.29, 1.82) is 0 Å². The number of nitrogens with zero attached hydrogens (tertiary/aromatic N) is 2. The molecule has 1 fully saturated rings. The van der Waals surface area contributed by atoms with Crippen molar-refractivity contribution in [2.45, 2.75) is 30.8 Å². The van der Waals surface area contributed by atoms with Crippen LogP contribution in [0.4, 0.5) is 0 Å². The molecule has 1 aliphatic heterocycles. The molecule has 0 aliphatic carbocycles. The van der Waals surface area contributed by atoms with Crippen LogP contribution in [0, 0.1) is 0 Å². The highest BCUT2D eigenvalue weighted by Gasteiger charge is 2.33. The lowest BCUT2D eigenvalue weighted by Gasteiger charge is -2.17. The Bertz CT molecular complexity index is 1050. The van der Waals surface area contributed by atoms with Crippen LogP contribution < -0.4 is 4.74 Å². The first-order valence-corrected chi connectivity index (χ1v) is 10.6. The van der Waals surface area contributed by atoms with Crippen molar-refractivity contribution < 1.29 is 13.2 Å². The summed E-state index contributed by atoms with van der Waals surface area (Å²) in [5.74, 6) is 0.533. The zero-order valence-electron chi connectivity index (χ0n) is 15.2. The summed E-state index contributed by atoms with van der Waals surface area (Å²) in [5, 5.41) is 1.05. The second kappa shape index (κ2) is 7.29. The second-order valence-electron chi connectivity index (χ2n) is 6.73. The molecule has 0 N–H and O–H groups in total. The van der Waals surface area contributed by atoms with Crippen LogP contribution in [0.5, 0.6) is 5.88 Å². The van der Waals surface area contributed by atoms with Crippen LogP contribution in [0.25, 0.3) is 10.9 Å². The maximum absolute atomic E-state index is 12.9. The van der Waals surface area contributed by atoms with Gasteiger partial charge in [-0.2, -0.15) is 4.31 Å². The molecule has 3 aromatic rings. The number of hydrogen-bond acceptors (Lipinski definition) is 4. The van der Waals surface area contributed by atoms with Gasteiger partial charge in [0.2, 0.25) is 15.9 Å². The lowest BCUT2D eigenvalue weighted by Crippen LogP contribution is -2.31. The van der Waals surface area contributed by atoms with E-state index in [4.69, 9.17) is 4.74 Å². The number of para-hydroxylation sites is 1. The van der Waals surface area contributed by atoms with E-state index in [9.17, 15) is 8.42 Å². The molecule has 6 heteroatoms. The Morgan fingerprint density at radius 3 is 2.63 bits per heavy atom. The third-order valence-electron chi connectivity index (χ3n) is 4.94. The van der Waals surface area contributed by atoms with Crippen LogP contribution in [-0.4, -0.2) is 36.9 Å². The van der Waals surface area contributed by atoms with Crippen LogP contribution in [0.15, 0.2) is 65.6 Å². The second-order valence-corrected chi connectivity index (χ2v) is 8.67. The van der Waals surface area contributed by atoms with Crippen LogP contribution in [-0.2, 0) is 16.4 Å². The summed E-state index contributed by atoms with van der Waals surface area (Å²) in [4.78, 5) is 4.85. The van der Waals surface area contributed by atoms with Crippen LogP contribution >= 0.6 is 0 Å². The molecule has 1 aromatic heterocycles. The molecule has 0 spiro atoms. The van der Waals surface area contributed by atoms with Crippen molar-refractivity contribution in [3.8, 4) is 5.88 Å². The van der Waals surface area contributed by atoms with Crippen molar-refractivity contribution in [1.82, 2.24) is 9.29 Å². The van der Waals surface area contributed by atoms with Gasteiger partial charge in [-0.25, -0.2) is 13.4 Å². The lowest BCUT2D eigenvalue weighted by atomic mass is 10.2. The molecule has 1 unspecified atom stereocenters. The first kappa shape index (κ1) is 17.9. The van der Waals surface area contributed by atoms with Crippen molar-refractivity contribution in [3.63, 3.8) is 0 Å². The molecule has 0 radical (unpaired) electrons. The lowest BCUT2D eigenvalue weighted by molar-refractivity contribution is 0.207. The van der Waals surface area contributed by atoms with E-state index >= 15 is 0 Å². The van der Waals surface area contributed by atoms with Gasteiger partial charge in [-0.05, 0) is 42.7 Å². The monoisotopic (exact) mass is 382 g/mol. The summed E-state index contributed by atoms with van der Waals surface area (Å²) >= 11 is 0. The molecule has 0 amide bonds. The number of fused-ring (bicyclic) bond motifs is 1. The average molecular weight is 382 g/mol. The van der Waals surface area contributed by atoms with Gasteiger partial charge in [-0.3, -0.25) is 0 Å². The number of benzene rings is 2. The molecule has 4 rings (SSSR count). The average Bonchev–Trinajstić information content (AvgIpc) is 3.17. The Labute approximate surface area is 159 Å². The summed E-state index contributed by atoms with van der Waals surface area (Å²) in [6, 6.07) is 18.8. The highest BCUT2D eigenvalue weighted by molar-refractivity contribution is 7.89. The van der Waals surface area contributed by atoms with Crippen molar-refractivity contribution in [2.24, 2.45) is 0 Å². The van der Waals surface area contributed by atoms with E-state index in [1.54, 1.807) is 12.1 Å². The fraction of sp³-hybridized carbons (Fsp3) is 0.286. The number of ether oxygens (including phenoxy) is 1. The molecule has 2 heterocycles. The smallest absolute Gasteiger partial charge is 0.243 e. The molecule has 1 aliphatic rings. The molecule has 140 valence electrons. The molecule has 0 saturated carbocycles. The fourth-order valence-corrected chi connectivity index (χ4v) is 4.83. The van der Waals surface area contributed by atoms with Crippen LogP contribution in [0.2, 0.25) is 0 Å². The van der Waals surface area contributed by atoms with Crippen molar-refractivity contribution in [3.05, 3.63) is 66.2 Å². The number of aromatic nitrogens is 1. The zero-order chi connectivity index (χ0) is 18.9. The highest BCUT2D eigenvalue weighted by atomic mass is 32.2. The van der Waals surface area contributed by atoms with Gasteiger partial charge in [0.05, 0.1) is 17.0 Å². The largest absolute Gasteiger partial charge is 0.473 e. The molecule has 5 nitrogen and oxygen atoms in total. The first-order chi connectivity index (χ1) is 13.1. The number of sulfonamides is 1. The van der Waals surface area contributed by atoms with E-state index in [0.717, 1.165) is 22.9 Å². The predicted molar refractivity (Wildman–Crippen MR) is 105 cm³/mol. The number of aryl methyl sites for hydroxylation is 1. The predicted octanol–water partition coefficient (Wildman–Crippen LogP) is 3.64. The van der Waals surface area contributed by atoms with Crippen molar-refractivity contribution >= 4 is 20.9 Å². The summed E-state index contributed by atoms with van der Waals surface area (Å²) in [7, 11) is -3.49. The topological polar surface area (TPSA) is 59.5 Å². The summed E-state index contributed by atoms with van der Waals surface area (Å²) in [5.41, 5.74) is 1.99. The van der Waals surface area contributed by atoms with Crippen LogP contribution in [0.3, 0.4) is 0 Å². The van der Waals surface area contributed by atoms with Gasteiger partial charge in [-0.15, -0.1) is 0 Å². The maximum atomic E-state index is 12.9. The van der Waals surface area contributed by atoms with E-state index in [2.05, 4.69) is 4.98 Å². The van der Waals surface area contributed by atoms with E-state index in [0.29, 0.717) is 30.3 Å². The number of hydrogen-bond donors (Lipinski definition) is 0. The highest BCUT2D eigenvalue weighted by Crippen LogP contribution is 2.25.